The molecule has 0 aliphatic rings. The van der Waals surface area contributed by atoms with Gasteiger partial charge in [0.25, 0.3) is 11.8 Å². The van der Waals surface area contributed by atoms with Gasteiger partial charge in [-0.3, -0.25) is 19.0 Å². The zero-order chi connectivity index (χ0) is 48.0. The average molecular weight is 952 g/mol. The van der Waals surface area contributed by atoms with Crippen molar-refractivity contribution in [3.8, 4) is 22.8 Å². The van der Waals surface area contributed by atoms with Gasteiger partial charge in [0.2, 0.25) is 0 Å². The van der Waals surface area contributed by atoms with Crippen LogP contribution < -0.4 is 10.6 Å². The van der Waals surface area contributed by atoms with Crippen LogP contribution in [0, 0.1) is 10.8 Å². The minimum atomic E-state index is -1.21. The fraction of sp³-hybridized carbons (Fsp3) is 0.417. The lowest BCUT2D eigenvalue weighted by molar-refractivity contribution is 0.0881. The van der Waals surface area contributed by atoms with Gasteiger partial charge in [-0.1, -0.05) is 84.4 Å². The van der Waals surface area contributed by atoms with Crippen molar-refractivity contribution in [3.63, 3.8) is 0 Å². The highest BCUT2D eigenvalue weighted by Gasteiger charge is 2.27. The lowest BCUT2D eigenvalue weighted by Crippen LogP contribution is -2.41. The Kier molecular flexibility index (Phi) is 13.6. The molecule has 0 aliphatic carbocycles. The van der Waals surface area contributed by atoms with Crippen LogP contribution in [0.15, 0.2) is 61.2 Å². The molecule has 0 saturated heterocycles. The molecule has 0 fully saturated rings. The molecular weight excluding hydrogens is 892 g/mol. The van der Waals surface area contributed by atoms with Crippen LogP contribution >= 0.6 is 23.2 Å². The van der Waals surface area contributed by atoms with E-state index in [4.69, 9.17) is 42.9 Å². The van der Waals surface area contributed by atoms with Crippen molar-refractivity contribution < 1.29 is 14.3 Å². The number of hydrogen-bond acceptors (Lipinski definition) is 9. The van der Waals surface area contributed by atoms with Crippen molar-refractivity contribution in [2.24, 2.45) is 24.9 Å². The predicted octanol–water partition coefficient (Wildman–Crippen LogP) is 10.4. The van der Waals surface area contributed by atoms with Gasteiger partial charge in [-0.15, -0.1) is 0 Å². The number of halogens is 2. The molecule has 18 heteroatoms. The van der Waals surface area contributed by atoms with Gasteiger partial charge in [0, 0.05) is 74.1 Å². The van der Waals surface area contributed by atoms with Crippen LogP contribution in [0.4, 0.5) is 0 Å². The molecule has 66 heavy (non-hydrogen) atoms. The molecule has 15 nitrogen and oxygen atoms in total. The van der Waals surface area contributed by atoms with Gasteiger partial charge in [-0.2, -0.15) is 10.2 Å². The van der Waals surface area contributed by atoms with Gasteiger partial charge < -0.3 is 24.9 Å². The Bertz CT molecular complexity index is 3090. The average Bonchev–Trinajstić information content (AvgIpc) is 4.00. The number of carbonyl (C=O) groups is 2. The third-order valence-electron chi connectivity index (χ3n) is 12.1. The molecular formula is C48H60Cl2N12O3Si. The highest BCUT2D eigenvalue weighted by Crippen LogP contribution is 2.32. The van der Waals surface area contributed by atoms with Crippen molar-refractivity contribution in [2.75, 3.05) is 6.61 Å². The summed E-state index contributed by atoms with van der Waals surface area (Å²) in [4.78, 5) is 48.1. The van der Waals surface area contributed by atoms with Crippen molar-refractivity contribution in [1.82, 2.24) is 59.7 Å². The lowest BCUT2D eigenvalue weighted by atomic mass is 9.88. The maximum atomic E-state index is 13.4. The quantitative estimate of drug-likeness (QED) is 0.0842. The van der Waals surface area contributed by atoms with Crippen molar-refractivity contribution in [3.05, 3.63) is 82.4 Å². The second kappa shape index (κ2) is 18.5. The molecule has 6 aromatic heterocycles. The first-order valence-electron chi connectivity index (χ1n) is 22.0. The number of aromatic amines is 1. The Labute approximate surface area is 396 Å². The summed E-state index contributed by atoms with van der Waals surface area (Å²) in [5.41, 5.74) is 7.37. The van der Waals surface area contributed by atoms with Crippen LogP contribution in [0.3, 0.4) is 0 Å². The predicted molar refractivity (Wildman–Crippen MR) is 268 cm³/mol. The first-order valence-corrected chi connectivity index (χ1v) is 26.5. The molecule has 8 aromatic rings. The number of carbonyl (C=O) groups excluding carboxylic acids is 2. The molecule has 8 rings (SSSR count). The summed E-state index contributed by atoms with van der Waals surface area (Å²) in [6.45, 7) is 24.5. The molecule has 2 atom stereocenters. The van der Waals surface area contributed by atoms with Gasteiger partial charge in [-0.25, -0.2) is 19.9 Å². The SMILES string of the molecule is C[C@H](NC(=O)c1c[nH]c2ncc(-c3nn(C)c4ccc(Cl)cc34)nc12)C(C)(C)C.C[C@H](NC(=O)c1cn(COCC[Si](C)(C)C)c2ncc(-c3nn(C)c4ccc(Cl)cc34)nc12)C(C)(C)C. The number of H-pyrrole nitrogens is 1. The summed E-state index contributed by atoms with van der Waals surface area (Å²) in [7, 11) is 2.54. The van der Waals surface area contributed by atoms with E-state index in [9.17, 15) is 9.59 Å². The molecule has 0 saturated carbocycles. The van der Waals surface area contributed by atoms with E-state index in [1.807, 2.05) is 68.9 Å². The number of nitrogens with one attached hydrogen (secondary N) is 3. The minimum absolute atomic E-state index is 0.00188. The number of hydrogen-bond donors (Lipinski definition) is 3. The number of benzene rings is 2. The van der Waals surface area contributed by atoms with Crippen LogP contribution in [-0.2, 0) is 25.6 Å². The Hall–Kier alpha value is -5.68. The molecule has 0 unspecified atom stereocenters. The number of fused-ring (bicyclic) bond motifs is 4. The highest BCUT2D eigenvalue weighted by molar-refractivity contribution is 6.76. The van der Waals surface area contributed by atoms with Gasteiger partial charge in [0.15, 0.2) is 11.3 Å². The monoisotopic (exact) mass is 950 g/mol. The standard InChI is InChI=1S/C27H37ClN6O2Si.C21H23ClN6O/c1-17(27(2,3)4)30-26(35)20-15-34(16-36-11-12-37(6,7)8)25-24(20)31-21(14-29-25)23-19-13-18(28)9-10-22(19)33(5)32-23;1-11(21(2,3)4)25-20(29)14-9-23-19-18(14)26-15(10-24-19)17-13-8-12(22)6-7-16(13)28(5)27-17/h9-10,13-15,17H,11-12,16H2,1-8H3,(H,30,35);6-11H,1-5H3,(H,23,24)(H,25,29)/t17-;11-/m00/s1. The number of nitrogens with zero attached hydrogens (tertiary/aromatic N) is 9. The third-order valence-corrected chi connectivity index (χ3v) is 14.2. The molecule has 0 aliphatic heterocycles. The fourth-order valence-electron chi connectivity index (χ4n) is 6.99. The Morgan fingerprint density at radius 1 is 0.758 bits per heavy atom. The minimum Gasteiger partial charge on any atom is -0.361 e. The number of amides is 2. The van der Waals surface area contributed by atoms with Crippen molar-refractivity contribution in [1.29, 1.82) is 0 Å². The zero-order valence-corrected chi connectivity index (χ0v) is 42.6. The van der Waals surface area contributed by atoms with E-state index in [0.717, 1.165) is 27.8 Å². The number of aromatic nitrogens is 10. The Morgan fingerprint density at radius 3 is 1.77 bits per heavy atom. The summed E-state index contributed by atoms with van der Waals surface area (Å²) in [5, 5.41) is 18.5. The molecule has 3 N–H and O–H groups in total. The van der Waals surface area contributed by atoms with Crippen molar-refractivity contribution in [2.45, 2.75) is 99.9 Å². The largest absolute Gasteiger partial charge is 0.361 e. The lowest BCUT2D eigenvalue weighted by Gasteiger charge is -2.27. The summed E-state index contributed by atoms with van der Waals surface area (Å²) in [6.07, 6.45) is 6.79. The molecule has 348 valence electrons. The molecule has 0 bridgehead atoms. The smallest absolute Gasteiger partial charge is 0.255 e. The molecule has 0 radical (unpaired) electrons. The van der Waals surface area contributed by atoms with Crippen LogP contribution in [0.5, 0.6) is 0 Å². The fourth-order valence-corrected chi connectivity index (χ4v) is 8.09. The normalized spacial score (nSPS) is 13.3. The maximum absolute atomic E-state index is 13.4. The first kappa shape index (κ1) is 48.3. The van der Waals surface area contributed by atoms with Gasteiger partial charge in [0.05, 0.1) is 34.6 Å². The topological polar surface area (TPSA) is 175 Å². The first-order chi connectivity index (χ1) is 30.9. The summed E-state index contributed by atoms with van der Waals surface area (Å²) in [5.74, 6) is -0.368. The Morgan fingerprint density at radius 2 is 1.26 bits per heavy atom. The van der Waals surface area contributed by atoms with E-state index in [2.05, 4.69) is 92.0 Å². The second-order valence-corrected chi connectivity index (χ2v) is 26.8. The number of aryl methyl sites for hydroxylation is 2. The Balaban J connectivity index is 0.000000202. The number of rotatable bonds is 11. The van der Waals surface area contributed by atoms with Gasteiger partial charge in [-0.05, 0) is 67.1 Å². The maximum Gasteiger partial charge on any atom is 0.255 e. The molecule has 6 heterocycles. The van der Waals surface area contributed by atoms with Crippen LogP contribution in [0.1, 0.15) is 76.1 Å². The number of ether oxygens (including phenoxy) is 1. The van der Waals surface area contributed by atoms with Crippen LogP contribution in [-0.4, -0.2) is 87.6 Å². The van der Waals surface area contributed by atoms with Crippen molar-refractivity contribution >= 4 is 87.2 Å². The third kappa shape index (κ3) is 10.5. The molecule has 2 amide bonds. The zero-order valence-electron chi connectivity index (χ0n) is 40.1. The van der Waals surface area contributed by atoms with Crippen LogP contribution in [0.2, 0.25) is 35.7 Å². The van der Waals surface area contributed by atoms with E-state index in [1.54, 1.807) is 34.2 Å². The van der Waals surface area contributed by atoms with Gasteiger partial charge in [0.1, 0.15) is 40.5 Å². The summed E-state index contributed by atoms with van der Waals surface area (Å²) in [6, 6.07) is 12.3. The summed E-state index contributed by atoms with van der Waals surface area (Å²) >= 11 is 12.5. The molecule has 0 spiro atoms. The highest BCUT2D eigenvalue weighted by atomic mass is 35.5. The van der Waals surface area contributed by atoms with Gasteiger partial charge >= 0.3 is 0 Å². The van der Waals surface area contributed by atoms with Crippen LogP contribution in [0.25, 0.3) is 66.9 Å². The summed E-state index contributed by atoms with van der Waals surface area (Å²) < 4.78 is 11.4. The molecule has 2 aromatic carbocycles. The van der Waals surface area contributed by atoms with E-state index in [1.165, 1.54) is 0 Å². The van der Waals surface area contributed by atoms with E-state index in [0.29, 0.717) is 79.6 Å². The van der Waals surface area contributed by atoms with E-state index in [-0.39, 0.29) is 34.7 Å². The second-order valence-electron chi connectivity index (χ2n) is 20.3. The van der Waals surface area contributed by atoms with E-state index >= 15 is 0 Å². The van der Waals surface area contributed by atoms with E-state index < -0.39 is 8.07 Å².